The predicted molar refractivity (Wildman–Crippen MR) is 68.2 cm³/mol. The summed E-state index contributed by atoms with van der Waals surface area (Å²) in [6, 6.07) is 5.33. The van der Waals surface area contributed by atoms with E-state index >= 15 is 0 Å². The Balaban J connectivity index is 2.03. The van der Waals surface area contributed by atoms with Gasteiger partial charge in [0.15, 0.2) is 0 Å². The van der Waals surface area contributed by atoms with E-state index in [2.05, 4.69) is 20.7 Å². The van der Waals surface area contributed by atoms with Gasteiger partial charge in [0.2, 0.25) is 0 Å². The van der Waals surface area contributed by atoms with Crippen LogP contribution >= 0.6 is 0 Å². The van der Waals surface area contributed by atoms with E-state index in [0.29, 0.717) is 17.9 Å². The first-order valence-electron chi connectivity index (χ1n) is 5.60. The molecule has 1 amide bonds. The van der Waals surface area contributed by atoms with Crippen LogP contribution in [-0.2, 0) is 13.6 Å². The van der Waals surface area contributed by atoms with Crippen LogP contribution < -0.4 is 10.6 Å². The first kappa shape index (κ1) is 12.1. The van der Waals surface area contributed by atoms with Gasteiger partial charge in [0, 0.05) is 26.5 Å². The molecule has 0 bridgehead atoms. The van der Waals surface area contributed by atoms with Crippen molar-refractivity contribution in [3.05, 3.63) is 41.9 Å². The van der Waals surface area contributed by atoms with Gasteiger partial charge in [-0.2, -0.15) is 5.10 Å². The maximum absolute atomic E-state index is 12.0. The number of carbonyl (C=O) groups is 1. The second-order valence-electron chi connectivity index (χ2n) is 3.81. The van der Waals surface area contributed by atoms with Crippen LogP contribution in [-0.4, -0.2) is 27.7 Å². The lowest BCUT2D eigenvalue weighted by atomic mass is 10.2. The highest BCUT2D eigenvalue weighted by Gasteiger charge is 2.11. The number of aromatic nitrogens is 3. The van der Waals surface area contributed by atoms with Crippen molar-refractivity contribution in [1.29, 1.82) is 0 Å². The van der Waals surface area contributed by atoms with Crippen molar-refractivity contribution in [3.8, 4) is 0 Å². The number of aryl methyl sites for hydroxylation is 1. The van der Waals surface area contributed by atoms with Gasteiger partial charge in [-0.3, -0.25) is 9.48 Å². The molecule has 2 aromatic rings. The molecular formula is C12H15N5O. The number of carbonyl (C=O) groups excluding carboxylic acids is 1. The van der Waals surface area contributed by atoms with Gasteiger partial charge in [0.1, 0.15) is 5.82 Å². The molecule has 0 spiro atoms. The van der Waals surface area contributed by atoms with E-state index in [-0.39, 0.29) is 5.91 Å². The number of nitrogens with one attached hydrogen (secondary N) is 2. The number of pyridine rings is 1. The Morgan fingerprint density at radius 2 is 2.28 bits per heavy atom. The zero-order chi connectivity index (χ0) is 13.0. The minimum Gasteiger partial charge on any atom is -0.372 e. The van der Waals surface area contributed by atoms with Crippen molar-refractivity contribution in [2.24, 2.45) is 7.05 Å². The van der Waals surface area contributed by atoms with Gasteiger partial charge in [-0.15, -0.1) is 0 Å². The van der Waals surface area contributed by atoms with Gasteiger partial charge in [-0.05, 0) is 18.2 Å². The molecule has 0 fully saturated rings. The normalized spacial score (nSPS) is 10.1. The Bertz CT molecular complexity index is 549. The highest BCUT2D eigenvalue weighted by molar-refractivity contribution is 5.98. The zero-order valence-electron chi connectivity index (χ0n) is 10.3. The van der Waals surface area contributed by atoms with Crippen molar-refractivity contribution >= 4 is 11.7 Å². The summed E-state index contributed by atoms with van der Waals surface area (Å²) in [4.78, 5) is 16.1. The Hall–Kier alpha value is -2.37. The summed E-state index contributed by atoms with van der Waals surface area (Å²) >= 11 is 0. The molecule has 6 nitrogen and oxygen atoms in total. The van der Waals surface area contributed by atoms with Crippen molar-refractivity contribution < 1.29 is 4.79 Å². The Kier molecular flexibility index (Phi) is 3.57. The molecule has 0 radical (unpaired) electrons. The molecule has 0 atom stereocenters. The third-order valence-corrected chi connectivity index (χ3v) is 2.49. The monoisotopic (exact) mass is 245 g/mol. The molecule has 2 heterocycles. The van der Waals surface area contributed by atoms with E-state index in [4.69, 9.17) is 0 Å². The Labute approximate surface area is 105 Å². The molecule has 0 saturated carbocycles. The fourth-order valence-corrected chi connectivity index (χ4v) is 1.61. The van der Waals surface area contributed by atoms with Crippen molar-refractivity contribution in [2.75, 3.05) is 12.4 Å². The minimum atomic E-state index is -0.168. The molecule has 2 N–H and O–H groups in total. The largest absolute Gasteiger partial charge is 0.372 e. The molecule has 0 aliphatic heterocycles. The predicted octanol–water partition coefficient (Wildman–Crippen LogP) is 0.787. The maximum Gasteiger partial charge on any atom is 0.255 e. The van der Waals surface area contributed by atoms with E-state index in [9.17, 15) is 4.79 Å². The second kappa shape index (κ2) is 5.31. The fraction of sp³-hybridized carbons (Fsp3) is 0.250. The minimum absolute atomic E-state index is 0.168. The topological polar surface area (TPSA) is 71.8 Å². The summed E-state index contributed by atoms with van der Waals surface area (Å²) in [5.74, 6) is 0.397. The lowest BCUT2D eigenvalue weighted by Crippen LogP contribution is -2.24. The molecule has 18 heavy (non-hydrogen) atoms. The molecule has 0 aliphatic rings. The Morgan fingerprint density at radius 3 is 2.94 bits per heavy atom. The van der Waals surface area contributed by atoms with Crippen LogP contribution in [0.4, 0.5) is 5.82 Å². The average Bonchev–Trinajstić information content (AvgIpc) is 2.81. The van der Waals surface area contributed by atoms with Gasteiger partial charge >= 0.3 is 0 Å². The van der Waals surface area contributed by atoms with Crippen LogP contribution in [0.2, 0.25) is 0 Å². The summed E-state index contributed by atoms with van der Waals surface area (Å²) in [5.41, 5.74) is 1.34. The number of amides is 1. The highest BCUT2D eigenvalue weighted by Crippen LogP contribution is 2.10. The molecule has 0 unspecified atom stereocenters. The average molecular weight is 245 g/mol. The van der Waals surface area contributed by atoms with E-state index in [1.807, 2.05) is 19.3 Å². The lowest BCUT2D eigenvalue weighted by molar-refractivity contribution is 0.0951. The van der Waals surface area contributed by atoms with Crippen molar-refractivity contribution in [3.63, 3.8) is 0 Å². The summed E-state index contributed by atoms with van der Waals surface area (Å²) in [5, 5.41) is 9.89. The number of anilines is 1. The molecule has 6 heteroatoms. The summed E-state index contributed by atoms with van der Waals surface area (Å²) in [6.45, 7) is 0.401. The quantitative estimate of drug-likeness (QED) is 0.835. The molecule has 0 aliphatic carbocycles. The fourth-order valence-electron chi connectivity index (χ4n) is 1.61. The molecule has 0 saturated heterocycles. The molecule has 0 aromatic carbocycles. The number of rotatable bonds is 4. The van der Waals surface area contributed by atoms with Gasteiger partial charge in [-0.1, -0.05) is 0 Å². The summed E-state index contributed by atoms with van der Waals surface area (Å²) in [7, 11) is 3.57. The second-order valence-corrected chi connectivity index (χ2v) is 3.81. The number of hydrogen-bond acceptors (Lipinski definition) is 4. The van der Waals surface area contributed by atoms with Crippen LogP contribution in [0.1, 0.15) is 16.1 Å². The van der Waals surface area contributed by atoms with E-state index in [1.54, 1.807) is 30.1 Å². The number of nitrogens with zero attached hydrogens (tertiary/aromatic N) is 3. The van der Waals surface area contributed by atoms with Crippen molar-refractivity contribution in [2.45, 2.75) is 6.54 Å². The molecular weight excluding hydrogens is 230 g/mol. The van der Waals surface area contributed by atoms with Crippen LogP contribution in [0.3, 0.4) is 0 Å². The van der Waals surface area contributed by atoms with Gasteiger partial charge in [0.05, 0.1) is 17.8 Å². The Morgan fingerprint density at radius 1 is 1.44 bits per heavy atom. The number of hydrogen-bond donors (Lipinski definition) is 2. The smallest absolute Gasteiger partial charge is 0.255 e. The van der Waals surface area contributed by atoms with E-state index in [0.717, 1.165) is 5.69 Å². The van der Waals surface area contributed by atoms with Gasteiger partial charge < -0.3 is 10.6 Å². The maximum atomic E-state index is 12.0. The zero-order valence-corrected chi connectivity index (χ0v) is 10.3. The first-order valence-corrected chi connectivity index (χ1v) is 5.60. The van der Waals surface area contributed by atoms with Gasteiger partial charge in [0.25, 0.3) is 5.91 Å². The van der Waals surface area contributed by atoms with Crippen LogP contribution in [0, 0.1) is 0 Å². The third kappa shape index (κ3) is 2.65. The van der Waals surface area contributed by atoms with Gasteiger partial charge in [-0.25, -0.2) is 4.98 Å². The third-order valence-electron chi connectivity index (χ3n) is 2.49. The van der Waals surface area contributed by atoms with Crippen molar-refractivity contribution in [1.82, 2.24) is 20.1 Å². The molecule has 2 aromatic heterocycles. The lowest BCUT2D eigenvalue weighted by Gasteiger charge is -2.07. The highest BCUT2D eigenvalue weighted by atomic mass is 16.1. The SMILES string of the molecule is CNc1ncccc1C(=O)NCc1ccn(C)n1. The summed E-state index contributed by atoms with van der Waals surface area (Å²) < 4.78 is 1.70. The molecule has 94 valence electrons. The van der Waals surface area contributed by atoms with E-state index in [1.165, 1.54) is 0 Å². The molecule has 2 rings (SSSR count). The van der Waals surface area contributed by atoms with E-state index < -0.39 is 0 Å². The summed E-state index contributed by atoms with van der Waals surface area (Å²) in [6.07, 6.45) is 3.48. The van der Waals surface area contributed by atoms with Crippen LogP contribution in [0.25, 0.3) is 0 Å². The standard InChI is InChI=1S/C12H15N5O/c1-13-11-10(4-3-6-14-11)12(18)15-8-9-5-7-17(2)16-9/h3-7H,8H2,1-2H3,(H,13,14)(H,15,18). The first-order chi connectivity index (χ1) is 8.70. The van der Waals surface area contributed by atoms with Crippen LogP contribution in [0.5, 0.6) is 0 Å². The van der Waals surface area contributed by atoms with Crippen LogP contribution in [0.15, 0.2) is 30.6 Å².